The number of rotatable bonds is 7. The monoisotopic (exact) mass is 283 g/mol. The van der Waals surface area contributed by atoms with E-state index in [-0.39, 0.29) is 6.54 Å². The van der Waals surface area contributed by atoms with Crippen LogP contribution in [0.1, 0.15) is 22.5 Å². The fourth-order valence-electron chi connectivity index (χ4n) is 1.47. The molecular formula is C12H17N3O3S. The van der Waals surface area contributed by atoms with E-state index in [1.807, 2.05) is 6.26 Å². The van der Waals surface area contributed by atoms with Gasteiger partial charge in [0.2, 0.25) is 0 Å². The van der Waals surface area contributed by atoms with Crippen LogP contribution in [0.15, 0.2) is 18.3 Å². The van der Waals surface area contributed by atoms with Crippen LogP contribution in [0.25, 0.3) is 0 Å². The first-order chi connectivity index (χ1) is 9.08. The Hall–Kier alpha value is -1.60. The van der Waals surface area contributed by atoms with Crippen molar-refractivity contribution in [2.45, 2.75) is 19.0 Å². The first-order valence-electron chi connectivity index (χ1n) is 5.76. The maximum atomic E-state index is 11.9. The number of hydrogen-bond donors (Lipinski definition) is 3. The highest BCUT2D eigenvalue weighted by Crippen LogP contribution is 2.05. The van der Waals surface area contributed by atoms with Crippen LogP contribution in [-0.2, 0) is 11.3 Å². The van der Waals surface area contributed by atoms with Crippen LogP contribution in [-0.4, -0.2) is 40.0 Å². The molecule has 7 heteroatoms. The highest BCUT2D eigenvalue weighted by molar-refractivity contribution is 7.98. The van der Waals surface area contributed by atoms with Crippen LogP contribution in [0.5, 0.6) is 0 Å². The zero-order valence-corrected chi connectivity index (χ0v) is 11.4. The van der Waals surface area contributed by atoms with Crippen molar-refractivity contribution in [1.82, 2.24) is 10.3 Å². The zero-order valence-electron chi connectivity index (χ0n) is 10.6. The van der Waals surface area contributed by atoms with E-state index in [4.69, 9.17) is 10.8 Å². The molecule has 1 rings (SSSR count). The quantitative estimate of drug-likeness (QED) is 0.672. The largest absolute Gasteiger partial charge is 0.480 e. The molecule has 1 aromatic heterocycles. The van der Waals surface area contributed by atoms with Gasteiger partial charge in [-0.05, 0) is 30.6 Å². The van der Waals surface area contributed by atoms with Gasteiger partial charge in [-0.15, -0.1) is 0 Å². The highest BCUT2D eigenvalue weighted by Gasteiger charge is 2.20. The summed E-state index contributed by atoms with van der Waals surface area (Å²) in [6, 6.07) is 2.21. The molecule has 0 aliphatic carbocycles. The molecule has 0 bridgehead atoms. The molecule has 0 fully saturated rings. The smallest absolute Gasteiger partial charge is 0.326 e. The SMILES string of the molecule is CSCC[C@@H](NC(=O)c1ccnc(CN)c1)C(=O)O. The van der Waals surface area contributed by atoms with Gasteiger partial charge >= 0.3 is 5.97 Å². The van der Waals surface area contributed by atoms with E-state index in [0.717, 1.165) is 0 Å². The van der Waals surface area contributed by atoms with Crippen LogP contribution < -0.4 is 11.1 Å². The molecule has 0 saturated carbocycles. The van der Waals surface area contributed by atoms with Gasteiger partial charge in [-0.3, -0.25) is 9.78 Å². The Morgan fingerprint density at radius 3 is 2.89 bits per heavy atom. The fourth-order valence-corrected chi connectivity index (χ4v) is 1.94. The Balaban J connectivity index is 2.72. The number of nitrogens with one attached hydrogen (secondary N) is 1. The first kappa shape index (κ1) is 15.5. The molecule has 1 atom stereocenters. The van der Waals surface area contributed by atoms with Gasteiger partial charge in [0, 0.05) is 18.3 Å². The minimum absolute atomic E-state index is 0.232. The third kappa shape index (κ3) is 4.88. The number of aliphatic carboxylic acids is 1. The molecule has 4 N–H and O–H groups in total. The van der Waals surface area contributed by atoms with Gasteiger partial charge in [0.15, 0.2) is 0 Å². The summed E-state index contributed by atoms with van der Waals surface area (Å²) >= 11 is 1.54. The number of aromatic nitrogens is 1. The molecule has 0 saturated heterocycles. The number of amides is 1. The summed E-state index contributed by atoms with van der Waals surface area (Å²) in [5.41, 5.74) is 6.40. The number of carbonyl (C=O) groups is 2. The number of thioether (sulfide) groups is 1. The summed E-state index contributed by atoms with van der Waals surface area (Å²) in [6.45, 7) is 0.232. The second-order valence-corrected chi connectivity index (χ2v) is 4.87. The molecule has 0 aromatic carbocycles. The topological polar surface area (TPSA) is 105 Å². The first-order valence-corrected chi connectivity index (χ1v) is 7.15. The molecule has 0 unspecified atom stereocenters. The summed E-state index contributed by atoms with van der Waals surface area (Å²) in [5.74, 6) is -0.789. The molecule has 0 radical (unpaired) electrons. The Labute approximate surface area is 115 Å². The fraction of sp³-hybridized carbons (Fsp3) is 0.417. The van der Waals surface area contributed by atoms with Crippen LogP contribution in [0.3, 0.4) is 0 Å². The van der Waals surface area contributed by atoms with E-state index < -0.39 is 17.9 Å². The van der Waals surface area contributed by atoms with Crippen molar-refractivity contribution in [2.75, 3.05) is 12.0 Å². The van der Waals surface area contributed by atoms with Gasteiger partial charge in [-0.25, -0.2) is 4.79 Å². The standard InChI is InChI=1S/C12H17N3O3S/c1-19-5-3-10(12(17)18)15-11(16)8-2-4-14-9(6-8)7-13/h2,4,6,10H,3,5,7,13H2,1H3,(H,15,16)(H,17,18)/t10-/m1/s1. The molecule has 6 nitrogen and oxygen atoms in total. The molecular weight excluding hydrogens is 266 g/mol. The van der Waals surface area contributed by atoms with Crippen LogP contribution in [0, 0.1) is 0 Å². The number of pyridine rings is 1. The van der Waals surface area contributed by atoms with Crippen molar-refractivity contribution in [2.24, 2.45) is 5.73 Å². The normalized spacial score (nSPS) is 11.9. The van der Waals surface area contributed by atoms with Gasteiger partial charge in [-0.2, -0.15) is 11.8 Å². The molecule has 104 valence electrons. The number of carbonyl (C=O) groups excluding carboxylic acids is 1. The van der Waals surface area contributed by atoms with Crippen molar-refractivity contribution in [1.29, 1.82) is 0 Å². The lowest BCUT2D eigenvalue weighted by Gasteiger charge is -2.14. The third-order valence-electron chi connectivity index (χ3n) is 2.50. The van der Waals surface area contributed by atoms with Gasteiger partial charge in [0.05, 0.1) is 5.69 Å². The number of hydrogen-bond acceptors (Lipinski definition) is 5. The number of carboxylic acids is 1. The number of nitrogens with two attached hydrogens (primary N) is 1. The highest BCUT2D eigenvalue weighted by atomic mass is 32.2. The molecule has 19 heavy (non-hydrogen) atoms. The predicted molar refractivity (Wildman–Crippen MR) is 74.0 cm³/mol. The van der Waals surface area contributed by atoms with Gasteiger partial charge in [-0.1, -0.05) is 0 Å². The summed E-state index contributed by atoms with van der Waals surface area (Å²) in [4.78, 5) is 27.0. The Morgan fingerprint density at radius 2 is 2.32 bits per heavy atom. The van der Waals surface area contributed by atoms with E-state index in [9.17, 15) is 9.59 Å². The summed E-state index contributed by atoms with van der Waals surface area (Å²) < 4.78 is 0. The second kappa shape index (κ2) is 7.75. The van der Waals surface area contributed by atoms with Crippen molar-refractivity contribution >= 4 is 23.6 Å². The predicted octanol–water partition coefficient (Wildman–Crippen LogP) is 0.476. The minimum atomic E-state index is -1.03. The van der Waals surface area contributed by atoms with Crippen molar-refractivity contribution in [3.8, 4) is 0 Å². The van der Waals surface area contributed by atoms with E-state index in [1.54, 1.807) is 6.07 Å². The Bertz CT molecular complexity index is 454. The van der Waals surface area contributed by atoms with Crippen molar-refractivity contribution in [3.63, 3.8) is 0 Å². The van der Waals surface area contributed by atoms with E-state index >= 15 is 0 Å². The maximum absolute atomic E-state index is 11.9. The number of nitrogens with zero attached hydrogens (tertiary/aromatic N) is 1. The van der Waals surface area contributed by atoms with E-state index in [0.29, 0.717) is 23.4 Å². The average Bonchev–Trinajstić information content (AvgIpc) is 2.42. The Kier molecular flexibility index (Phi) is 6.31. The van der Waals surface area contributed by atoms with Crippen molar-refractivity contribution < 1.29 is 14.7 Å². The van der Waals surface area contributed by atoms with Crippen LogP contribution >= 0.6 is 11.8 Å². The van der Waals surface area contributed by atoms with Gasteiger partial charge < -0.3 is 16.2 Å². The average molecular weight is 283 g/mol. The molecule has 0 spiro atoms. The molecule has 0 aliphatic rings. The lowest BCUT2D eigenvalue weighted by Crippen LogP contribution is -2.41. The van der Waals surface area contributed by atoms with E-state index in [2.05, 4.69) is 10.3 Å². The lowest BCUT2D eigenvalue weighted by molar-refractivity contribution is -0.139. The second-order valence-electron chi connectivity index (χ2n) is 3.89. The van der Waals surface area contributed by atoms with Gasteiger partial charge in [0.1, 0.15) is 6.04 Å². The molecule has 1 aromatic rings. The minimum Gasteiger partial charge on any atom is -0.480 e. The van der Waals surface area contributed by atoms with Gasteiger partial charge in [0.25, 0.3) is 5.91 Å². The number of carboxylic acid groups (broad SMARTS) is 1. The van der Waals surface area contributed by atoms with Crippen LogP contribution in [0.2, 0.25) is 0 Å². The lowest BCUT2D eigenvalue weighted by atomic mass is 10.1. The summed E-state index contributed by atoms with van der Waals surface area (Å²) in [7, 11) is 0. The zero-order chi connectivity index (χ0) is 14.3. The maximum Gasteiger partial charge on any atom is 0.326 e. The molecule has 0 aliphatic heterocycles. The van der Waals surface area contributed by atoms with E-state index in [1.165, 1.54) is 24.0 Å². The van der Waals surface area contributed by atoms with Crippen molar-refractivity contribution in [3.05, 3.63) is 29.6 Å². The molecule has 1 heterocycles. The Morgan fingerprint density at radius 1 is 1.58 bits per heavy atom. The third-order valence-corrected chi connectivity index (χ3v) is 3.15. The summed E-state index contributed by atoms with van der Waals surface area (Å²) in [5, 5.41) is 11.5. The molecule has 1 amide bonds. The van der Waals surface area contributed by atoms with Crippen LogP contribution in [0.4, 0.5) is 0 Å². The summed E-state index contributed by atoms with van der Waals surface area (Å²) in [6.07, 6.45) is 3.75.